The highest BCUT2D eigenvalue weighted by molar-refractivity contribution is 5.97. The van der Waals surface area contributed by atoms with E-state index in [1.54, 1.807) is 16.9 Å². The lowest BCUT2D eigenvalue weighted by atomic mass is 10.3. The molecule has 0 unspecified atom stereocenters. The molecule has 2 rings (SSSR count). The molecule has 2 aromatic heterocycles. The van der Waals surface area contributed by atoms with Crippen molar-refractivity contribution in [1.82, 2.24) is 25.3 Å². The summed E-state index contributed by atoms with van der Waals surface area (Å²) < 4.78 is 6.47. The fraction of sp³-hybridized carbons (Fsp3) is 0.364. The predicted octanol–water partition coefficient (Wildman–Crippen LogP) is 0.343. The highest BCUT2D eigenvalue weighted by Crippen LogP contribution is 2.27. The van der Waals surface area contributed by atoms with Gasteiger partial charge in [-0.1, -0.05) is 0 Å². The maximum absolute atomic E-state index is 11.9. The Kier molecular flexibility index (Phi) is 4.49. The summed E-state index contributed by atoms with van der Waals surface area (Å²) in [4.78, 5) is 22.1. The van der Waals surface area contributed by atoms with Crippen LogP contribution in [0.5, 0.6) is 5.88 Å². The van der Waals surface area contributed by atoms with Crippen molar-refractivity contribution < 1.29 is 14.5 Å². The van der Waals surface area contributed by atoms with E-state index in [1.165, 1.54) is 7.11 Å². The monoisotopic (exact) mass is 294 g/mol. The molecule has 0 radical (unpaired) electrons. The van der Waals surface area contributed by atoms with Crippen LogP contribution in [0.1, 0.15) is 16.9 Å². The Labute approximate surface area is 119 Å². The van der Waals surface area contributed by atoms with Crippen molar-refractivity contribution in [3.8, 4) is 5.88 Å². The standard InChI is InChI=1S/C11H14N6O4/c1-21-11-9(17(19)20)8(14-15-11)10(18)12-4-2-6-16-7-3-5-13-16/h3,5,7H,2,4,6H2,1H3,(H,12,18)(H,14,15). The first-order valence-corrected chi connectivity index (χ1v) is 6.16. The van der Waals surface area contributed by atoms with Crippen molar-refractivity contribution in [3.63, 3.8) is 0 Å². The number of H-pyrrole nitrogens is 1. The summed E-state index contributed by atoms with van der Waals surface area (Å²) >= 11 is 0. The Morgan fingerprint density at radius 3 is 3.05 bits per heavy atom. The molecule has 1 amide bonds. The number of aryl methyl sites for hydroxylation is 1. The second-order valence-corrected chi connectivity index (χ2v) is 4.09. The predicted molar refractivity (Wildman–Crippen MR) is 71.0 cm³/mol. The van der Waals surface area contributed by atoms with Crippen LogP contribution in [0.25, 0.3) is 0 Å². The Morgan fingerprint density at radius 1 is 1.62 bits per heavy atom. The zero-order chi connectivity index (χ0) is 15.2. The second kappa shape index (κ2) is 6.50. The molecule has 0 bridgehead atoms. The van der Waals surface area contributed by atoms with Gasteiger partial charge in [-0.05, 0) is 12.5 Å². The smallest absolute Gasteiger partial charge is 0.362 e. The zero-order valence-electron chi connectivity index (χ0n) is 11.3. The number of hydrogen-bond donors (Lipinski definition) is 2. The number of nitro groups is 1. The topological polar surface area (TPSA) is 128 Å². The first-order valence-electron chi connectivity index (χ1n) is 6.16. The van der Waals surface area contributed by atoms with E-state index in [-0.39, 0.29) is 11.6 Å². The first-order chi connectivity index (χ1) is 10.1. The fourth-order valence-corrected chi connectivity index (χ4v) is 1.75. The average Bonchev–Trinajstić information content (AvgIpc) is 3.11. The Morgan fingerprint density at radius 2 is 2.43 bits per heavy atom. The van der Waals surface area contributed by atoms with E-state index in [0.717, 1.165) is 0 Å². The number of hydrogen-bond acceptors (Lipinski definition) is 6. The summed E-state index contributed by atoms with van der Waals surface area (Å²) in [6, 6.07) is 1.80. The fourth-order valence-electron chi connectivity index (χ4n) is 1.75. The van der Waals surface area contributed by atoms with Gasteiger partial charge in [0.25, 0.3) is 5.91 Å². The van der Waals surface area contributed by atoms with E-state index in [2.05, 4.69) is 20.6 Å². The largest absolute Gasteiger partial charge is 0.475 e. The SMILES string of the molecule is COc1n[nH]c(C(=O)NCCCn2cccn2)c1[N+](=O)[O-]. The highest BCUT2D eigenvalue weighted by atomic mass is 16.6. The zero-order valence-corrected chi connectivity index (χ0v) is 11.3. The normalized spacial score (nSPS) is 10.3. The van der Waals surface area contributed by atoms with Crippen LogP contribution in [0.15, 0.2) is 18.5 Å². The number of nitrogens with one attached hydrogen (secondary N) is 2. The van der Waals surface area contributed by atoms with Gasteiger partial charge in [0, 0.05) is 25.5 Å². The highest BCUT2D eigenvalue weighted by Gasteiger charge is 2.29. The first kappa shape index (κ1) is 14.5. The van der Waals surface area contributed by atoms with E-state index in [0.29, 0.717) is 19.5 Å². The molecule has 0 spiro atoms. The number of carbonyl (C=O) groups excluding carboxylic acids is 1. The second-order valence-electron chi connectivity index (χ2n) is 4.09. The van der Waals surface area contributed by atoms with E-state index in [9.17, 15) is 14.9 Å². The summed E-state index contributed by atoms with van der Waals surface area (Å²) in [6.07, 6.45) is 4.12. The van der Waals surface area contributed by atoms with Gasteiger partial charge < -0.3 is 10.1 Å². The van der Waals surface area contributed by atoms with Gasteiger partial charge in [-0.2, -0.15) is 5.10 Å². The molecule has 0 atom stereocenters. The van der Waals surface area contributed by atoms with Gasteiger partial charge in [0.1, 0.15) is 0 Å². The molecule has 10 nitrogen and oxygen atoms in total. The van der Waals surface area contributed by atoms with Gasteiger partial charge in [0.15, 0.2) is 0 Å². The number of ether oxygens (including phenoxy) is 1. The summed E-state index contributed by atoms with van der Waals surface area (Å²) in [5, 5.41) is 23.4. The number of methoxy groups -OCH3 is 1. The molecule has 0 fully saturated rings. The maximum atomic E-state index is 11.9. The third-order valence-electron chi connectivity index (χ3n) is 2.72. The lowest BCUT2D eigenvalue weighted by Gasteiger charge is -2.03. The van der Waals surface area contributed by atoms with Crippen LogP contribution >= 0.6 is 0 Å². The lowest BCUT2D eigenvalue weighted by Crippen LogP contribution is -2.26. The lowest BCUT2D eigenvalue weighted by molar-refractivity contribution is -0.386. The molecule has 0 saturated carbocycles. The van der Waals surface area contributed by atoms with E-state index in [4.69, 9.17) is 4.74 Å². The van der Waals surface area contributed by atoms with Crippen molar-refractivity contribution in [1.29, 1.82) is 0 Å². The van der Waals surface area contributed by atoms with Gasteiger partial charge >= 0.3 is 11.6 Å². The van der Waals surface area contributed by atoms with E-state index >= 15 is 0 Å². The summed E-state index contributed by atoms with van der Waals surface area (Å²) in [5.41, 5.74) is -0.696. The molecule has 0 aliphatic heterocycles. The summed E-state index contributed by atoms with van der Waals surface area (Å²) in [7, 11) is 1.24. The van der Waals surface area contributed by atoms with Crippen LogP contribution in [0, 0.1) is 10.1 Å². The molecular formula is C11H14N6O4. The summed E-state index contributed by atoms with van der Waals surface area (Å²) in [5.74, 6) is -0.820. The number of amides is 1. The van der Waals surface area contributed by atoms with Crippen LogP contribution < -0.4 is 10.1 Å². The average molecular weight is 294 g/mol. The van der Waals surface area contributed by atoms with Crippen molar-refractivity contribution in [2.24, 2.45) is 0 Å². The van der Waals surface area contributed by atoms with Crippen LogP contribution in [0.3, 0.4) is 0 Å². The van der Waals surface area contributed by atoms with Crippen LogP contribution in [-0.2, 0) is 6.54 Å². The molecule has 2 aromatic rings. The van der Waals surface area contributed by atoms with Crippen LogP contribution in [-0.4, -0.2) is 44.5 Å². The van der Waals surface area contributed by atoms with E-state index in [1.807, 2.05) is 6.20 Å². The van der Waals surface area contributed by atoms with Gasteiger partial charge in [0.2, 0.25) is 5.69 Å². The van der Waals surface area contributed by atoms with Crippen molar-refractivity contribution in [2.45, 2.75) is 13.0 Å². The number of carbonyl (C=O) groups is 1. The van der Waals surface area contributed by atoms with Gasteiger partial charge in [0.05, 0.1) is 12.0 Å². The van der Waals surface area contributed by atoms with Crippen LogP contribution in [0.4, 0.5) is 5.69 Å². The van der Waals surface area contributed by atoms with Crippen molar-refractivity contribution in [2.75, 3.05) is 13.7 Å². The molecule has 2 heterocycles. The molecule has 10 heteroatoms. The number of aromatic amines is 1. The number of nitrogens with zero attached hydrogens (tertiary/aromatic N) is 4. The Bertz CT molecular complexity index is 621. The minimum atomic E-state index is -0.707. The van der Waals surface area contributed by atoms with Crippen LogP contribution in [0.2, 0.25) is 0 Å². The third kappa shape index (κ3) is 3.35. The Hall–Kier alpha value is -2.91. The molecular weight excluding hydrogens is 280 g/mol. The summed E-state index contributed by atoms with van der Waals surface area (Å²) in [6.45, 7) is 0.999. The minimum Gasteiger partial charge on any atom is -0.475 e. The maximum Gasteiger partial charge on any atom is 0.362 e. The minimum absolute atomic E-state index is 0.221. The van der Waals surface area contributed by atoms with Crippen molar-refractivity contribution in [3.05, 3.63) is 34.3 Å². The van der Waals surface area contributed by atoms with E-state index < -0.39 is 16.5 Å². The number of aromatic nitrogens is 4. The number of rotatable bonds is 7. The third-order valence-corrected chi connectivity index (χ3v) is 2.72. The molecule has 2 N–H and O–H groups in total. The van der Waals surface area contributed by atoms with Gasteiger partial charge in [-0.25, -0.2) is 0 Å². The van der Waals surface area contributed by atoms with Gasteiger partial charge in [-0.15, -0.1) is 5.10 Å². The molecule has 0 aliphatic rings. The van der Waals surface area contributed by atoms with Crippen molar-refractivity contribution >= 4 is 11.6 Å². The Balaban J connectivity index is 1.91. The molecule has 0 aliphatic carbocycles. The molecule has 0 saturated heterocycles. The molecule has 0 aromatic carbocycles. The molecule has 21 heavy (non-hydrogen) atoms. The molecule has 112 valence electrons. The quantitative estimate of drug-likeness (QED) is 0.430. The van der Waals surface area contributed by atoms with Gasteiger partial charge in [-0.3, -0.25) is 24.7 Å².